The Kier molecular flexibility index (Phi) is 13.6. The molecule has 0 saturated carbocycles. The zero-order chi connectivity index (χ0) is 36.1. The highest BCUT2D eigenvalue weighted by atomic mass is 16.7. The maximum atomic E-state index is 12.4. The average Bonchev–Trinajstić information content (AvgIpc) is 3.18. The molecule has 2 heterocycles. The molecule has 52 heavy (non-hydrogen) atoms. The van der Waals surface area contributed by atoms with E-state index in [4.69, 9.17) is 14.6 Å². The number of hydrogen-bond acceptors (Lipinski definition) is 7. The second kappa shape index (κ2) is 18.9. The number of carboxylic acid groups (broad SMARTS) is 1. The van der Waals surface area contributed by atoms with E-state index in [0.717, 1.165) is 85.5 Å². The Bertz CT molecular complexity index is 1720. The molecule has 2 aliphatic heterocycles. The number of unbranched alkanes of at least 4 members (excludes halogenated alkanes) is 2. The van der Waals surface area contributed by atoms with Crippen molar-refractivity contribution < 1.29 is 29.3 Å². The van der Waals surface area contributed by atoms with Crippen molar-refractivity contribution in [1.82, 2.24) is 15.1 Å². The van der Waals surface area contributed by atoms with Crippen molar-refractivity contribution in [2.24, 2.45) is 0 Å². The summed E-state index contributed by atoms with van der Waals surface area (Å²) >= 11 is 0. The first-order valence-electron chi connectivity index (χ1n) is 18.6. The van der Waals surface area contributed by atoms with Gasteiger partial charge in [0.1, 0.15) is 0 Å². The largest absolute Gasteiger partial charge is 0.481 e. The molecule has 4 aromatic rings. The summed E-state index contributed by atoms with van der Waals surface area (Å²) in [4.78, 5) is 28.1. The quantitative estimate of drug-likeness (QED) is 0.109. The number of hydrogen-bond donors (Lipinski definition) is 3. The second-order valence-corrected chi connectivity index (χ2v) is 14.0. The molecule has 0 aliphatic carbocycles. The second-order valence-electron chi connectivity index (χ2n) is 14.0. The molecule has 3 atom stereocenters. The van der Waals surface area contributed by atoms with E-state index < -0.39 is 12.3 Å². The summed E-state index contributed by atoms with van der Waals surface area (Å²) in [6.45, 7) is 6.27. The molecule has 2 fully saturated rings. The average molecular weight is 706 g/mol. The van der Waals surface area contributed by atoms with Gasteiger partial charge in [0.25, 0.3) is 0 Å². The number of nitrogens with one attached hydrogen (secondary N) is 1. The van der Waals surface area contributed by atoms with Crippen molar-refractivity contribution >= 4 is 11.9 Å². The molecule has 1 amide bonds. The number of ether oxygens (including phenoxy) is 2. The standard InChI is InChI=1S/C43H51N3O6/c47-31-33-17-19-35(20-18-33)40-27-39(30-46-23-21-45(22-24-46)29-32-9-3-1-4-10-32)51-43(52-40)38-14-8-13-37(26-38)36-12-7-11-34(25-36)28-44-41(48)15-5-2-6-16-42(49)50/h1,3-4,7-14,17-20,25-26,39-40,43,47H,2,5-6,15-16,21-24,27-31H2,(H,44,48)(H,49,50)/t39-,40+,43+/m1/s1. The lowest BCUT2D eigenvalue weighted by atomic mass is 9.98. The van der Waals surface area contributed by atoms with Crippen LogP contribution in [-0.4, -0.2) is 70.7 Å². The number of aliphatic hydroxyl groups excluding tert-OH is 1. The summed E-state index contributed by atoms with van der Waals surface area (Å²) < 4.78 is 13.4. The number of piperazine rings is 1. The van der Waals surface area contributed by atoms with Crippen LogP contribution in [-0.2, 0) is 38.8 Å². The molecule has 3 N–H and O–H groups in total. The summed E-state index contributed by atoms with van der Waals surface area (Å²) in [5.74, 6) is -0.828. The molecule has 0 unspecified atom stereocenters. The van der Waals surface area contributed by atoms with Crippen LogP contribution in [0.25, 0.3) is 11.1 Å². The first-order valence-corrected chi connectivity index (χ1v) is 18.6. The molecule has 9 nitrogen and oxygen atoms in total. The number of carboxylic acids is 1. The van der Waals surface area contributed by atoms with E-state index in [1.54, 1.807) is 0 Å². The van der Waals surface area contributed by atoms with Crippen LogP contribution < -0.4 is 5.32 Å². The Hall–Kier alpha value is -4.38. The van der Waals surface area contributed by atoms with Crippen molar-refractivity contribution in [1.29, 1.82) is 0 Å². The van der Waals surface area contributed by atoms with Crippen LogP contribution in [0.5, 0.6) is 0 Å². The van der Waals surface area contributed by atoms with Crippen molar-refractivity contribution in [3.05, 3.63) is 131 Å². The zero-order valence-corrected chi connectivity index (χ0v) is 29.9. The van der Waals surface area contributed by atoms with Gasteiger partial charge in [0.15, 0.2) is 6.29 Å². The smallest absolute Gasteiger partial charge is 0.303 e. The van der Waals surface area contributed by atoms with Crippen LogP contribution in [0.15, 0.2) is 103 Å². The maximum Gasteiger partial charge on any atom is 0.303 e. The van der Waals surface area contributed by atoms with Gasteiger partial charge in [-0.25, -0.2) is 0 Å². The van der Waals surface area contributed by atoms with E-state index in [1.165, 1.54) is 5.56 Å². The first kappa shape index (κ1) is 37.4. The number of aliphatic hydroxyl groups is 1. The Morgan fingerprint density at radius 2 is 1.38 bits per heavy atom. The summed E-state index contributed by atoms with van der Waals surface area (Å²) in [7, 11) is 0. The third-order valence-electron chi connectivity index (χ3n) is 9.99. The summed E-state index contributed by atoms with van der Waals surface area (Å²) in [6.07, 6.45) is 2.56. The van der Waals surface area contributed by atoms with Crippen LogP contribution in [0.3, 0.4) is 0 Å². The van der Waals surface area contributed by atoms with Gasteiger partial charge in [0.05, 0.1) is 18.8 Å². The summed E-state index contributed by atoms with van der Waals surface area (Å²) in [6, 6.07) is 35.2. The van der Waals surface area contributed by atoms with Gasteiger partial charge in [-0.2, -0.15) is 0 Å². The molecule has 9 heteroatoms. The van der Waals surface area contributed by atoms with Crippen LogP contribution in [0.2, 0.25) is 0 Å². The Balaban J connectivity index is 1.10. The molecule has 2 saturated heterocycles. The summed E-state index contributed by atoms with van der Waals surface area (Å²) in [5, 5.41) is 21.4. The number of aliphatic carboxylic acids is 1. The first-order chi connectivity index (χ1) is 25.4. The van der Waals surface area contributed by atoms with E-state index in [1.807, 2.05) is 30.3 Å². The van der Waals surface area contributed by atoms with Gasteiger partial charge >= 0.3 is 5.97 Å². The highest BCUT2D eigenvalue weighted by molar-refractivity contribution is 5.76. The third-order valence-corrected chi connectivity index (χ3v) is 9.99. The van der Waals surface area contributed by atoms with Crippen molar-refractivity contribution in [3.8, 4) is 11.1 Å². The molecular weight excluding hydrogens is 654 g/mol. The van der Waals surface area contributed by atoms with Gasteiger partial charge in [-0.1, -0.05) is 97.4 Å². The highest BCUT2D eigenvalue weighted by Crippen LogP contribution is 2.39. The molecule has 0 radical (unpaired) electrons. The maximum absolute atomic E-state index is 12.4. The number of carbonyl (C=O) groups excluding carboxylic acids is 1. The molecular formula is C43H51N3O6. The highest BCUT2D eigenvalue weighted by Gasteiger charge is 2.34. The fourth-order valence-electron chi connectivity index (χ4n) is 7.05. The molecule has 6 rings (SSSR count). The van der Waals surface area contributed by atoms with E-state index in [0.29, 0.717) is 25.8 Å². The molecule has 2 aliphatic rings. The third kappa shape index (κ3) is 11.1. The van der Waals surface area contributed by atoms with Gasteiger partial charge < -0.3 is 25.0 Å². The normalized spacial score (nSPS) is 19.7. The van der Waals surface area contributed by atoms with E-state index in [2.05, 4.69) is 87.9 Å². The van der Waals surface area contributed by atoms with Crippen LogP contribution in [0.4, 0.5) is 0 Å². The number of rotatable bonds is 16. The minimum Gasteiger partial charge on any atom is -0.481 e. The van der Waals surface area contributed by atoms with E-state index in [-0.39, 0.29) is 31.1 Å². The van der Waals surface area contributed by atoms with Crippen LogP contribution >= 0.6 is 0 Å². The molecule has 0 bridgehead atoms. The van der Waals surface area contributed by atoms with E-state index >= 15 is 0 Å². The lowest BCUT2D eigenvalue weighted by Crippen LogP contribution is -2.49. The van der Waals surface area contributed by atoms with Gasteiger partial charge in [-0.3, -0.25) is 19.4 Å². The summed E-state index contributed by atoms with van der Waals surface area (Å²) in [5.41, 5.74) is 7.33. The Labute approximate surface area is 307 Å². The number of nitrogens with zero attached hydrogens (tertiary/aromatic N) is 2. The fraction of sp³-hybridized carbons (Fsp3) is 0.395. The van der Waals surface area contributed by atoms with E-state index in [9.17, 15) is 14.7 Å². The SMILES string of the molecule is O=C(O)CCCCCC(=O)NCc1cccc(-c2cccc([C@H]3O[C@@H](CN4CCN(Cc5ccccc5)CC4)C[C@@H](c4ccc(CO)cc4)O3)c2)c1. The van der Waals surface area contributed by atoms with Crippen molar-refractivity contribution in [2.75, 3.05) is 32.7 Å². The molecule has 274 valence electrons. The number of amides is 1. The molecule has 0 aromatic heterocycles. The number of carbonyl (C=O) groups is 2. The molecule has 0 spiro atoms. The van der Waals surface area contributed by atoms with Crippen LogP contribution in [0, 0.1) is 0 Å². The van der Waals surface area contributed by atoms with Crippen molar-refractivity contribution in [2.45, 2.75) is 76.7 Å². The Morgan fingerprint density at radius 3 is 2.13 bits per heavy atom. The molecule has 4 aromatic carbocycles. The monoisotopic (exact) mass is 705 g/mol. The Morgan fingerprint density at radius 1 is 0.692 bits per heavy atom. The predicted octanol–water partition coefficient (Wildman–Crippen LogP) is 6.86. The minimum atomic E-state index is -0.799. The fourth-order valence-corrected chi connectivity index (χ4v) is 7.05. The predicted molar refractivity (Wildman–Crippen MR) is 201 cm³/mol. The van der Waals surface area contributed by atoms with Crippen molar-refractivity contribution in [3.63, 3.8) is 0 Å². The van der Waals surface area contributed by atoms with Gasteiger partial charge in [0, 0.05) is 70.6 Å². The lowest BCUT2D eigenvalue weighted by Gasteiger charge is -2.41. The topological polar surface area (TPSA) is 112 Å². The zero-order valence-electron chi connectivity index (χ0n) is 29.9. The van der Waals surface area contributed by atoms with Gasteiger partial charge in [0.2, 0.25) is 5.91 Å². The van der Waals surface area contributed by atoms with Gasteiger partial charge in [-0.15, -0.1) is 0 Å². The minimum absolute atomic E-state index is 0.00690. The number of benzene rings is 4. The van der Waals surface area contributed by atoms with Crippen LogP contribution in [0.1, 0.15) is 78.7 Å². The van der Waals surface area contributed by atoms with Gasteiger partial charge in [-0.05, 0) is 58.4 Å². The lowest BCUT2D eigenvalue weighted by molar-refractivity contribution is -0.253.